The largest absolute Gasteiger partial charge is 0.493 e. The summed E-state index contributed by atoms with van der Waals surface area (Å²) in [6.45, 7) is 3.81. The van der Waals surface area contributed by atoms with E-state index in [0.717, 1.165) is 24.8 Å². The highest BCUT2D eigenvalue weighted by atomic mass is 79.9. The first-order valence-corrected chi connectivity index (χ1v) is 10.1. The van der Waals surface area contributed by atoms with Gasteiger partial charge in [-0.15, -0.1) is 0 Å². The molecule has 0 fully saturated rings. The molecule has 1 aromatic heterocycles. The first-order chi connectivity index (χ1) is 11.3. The molecule has 24 heavy (non-hydrogen) atoms. The van der Waals surface area contributed by atoms with E-state index in [9.17, 15) is 4.79 Å². The minimum absolute atomic E-state index is 0.165. The zero-order valence-electron chi connectivity index (χ0n) is 13.1. The predicted molar refractivity (Wildman–Crippen MR) is 107 cm³/mol. The second kappa shape index (κ2) is 8.64. The molecule has 0 aliphatic carbocycles. The molecule has 0 aliphatic rings. The van der Waals surface area contributed by atoms with Crippen LogP contribution in [0.1, 0.15) is 11.4 Å². The number of aryl methyl sites for hydroxylation is 2. The molecule has 1 amide bonds. The molecule has 5 nitrogen and oxygen atoms in total. The Balaban J connectivity index is 2.10. The number of ether oxygens (including phenoxy) is 1. The molecule has 0 saturated carbocycles. The second-order valence-corrected chi connectivity index (χ2v) is 8.22. The number of nitrogens with one attached hydrogen (secondary N) is 1. The summed E-state index contributed by atoms with van der Waals surface area (Å²) in [6, 6.07) is 3.68. The summed E-state index contributed by atoms with van der Waals surface area (Å²) in [5, 5.41) is 3.44. The van der Waals surface area contributed by atoms with Crippen LogP contribution in [0.3, 0.4) is 0 Å². The molecule has 1 aromatic carbocycles. The number of rotatable bonds is 5. The van der Waals surface area contributed by atoms with Gasteiger partial charge in [0.25, 0.3) is 0 Å². The molecule has 128 valence electrons. The van der Waals surface area contributed by atoms with E-state index in [2.05, 4.69) is 63.1 Å². The predicted octanol–water partition coefficient (Wildman–Crippen LogP) is 5.12. The standard InChI is InChI=1S/C15H14Br3N3O2S/c1-7-4-8(2)20-15(19-7)24-6-11(22)21-10-5-9(16)12(17)13(18)14(10)23-3/h4-5H,6H2,1-3H3,(H,21,22). The lowest BCUT2D eigenvalue weighted by Gasteiger charge is -2.14. The van der Waals surface area contributed by atoms with E-state index in [-0.39, 0.29) is 11.7 Å². The van der Waals surface area contributed by atoms with Crippen LogP contribution >= 0.6 is 59.6 Å². The number of nitrogens with zero attached hydrogens (tertiary/aromatic N) is 2. The first-order valence-electron chi connectivity index (χ1n) is 6.78. The zero-order chi connectivity index (χ0) is 17.9. The molecular weight excluding hydrogens is 526 g/mol. The molecule has 0 saturated heterocycles. The van der Waals surface area contributed by atoms with Crippen LogP contribution in [0.5, 0.6) is 5.75 Å². The van der Waals surface area contributed by atoms with Crippen LogP contribution in [-0.2, 0) is 4.79 Å². The summed E-state index contributed by atoms with van der Waals surface area (Å²) < 4.78 is 7.70. The SMILES string of the molecule is COc1c(NC(=O)CSc2nc(C)cc(C)n2)cc(Br)c(Br)c1Br. The lowest BCUT2D eigenvalue weighted by Crippen LogP contribution is -2.15. The quantitative estimate of drug-likeness (QED) is 0.324. The molecule has 0 radical (unpaired) electrons. The lowest BCUT2D eigenvalue weighted by atomic mass is 10.3. The maximum atomic E-state index is 12.2. The molecule has 2 rings (SSSR count). The lowest BCUT2D eigenvalue weighted by molar-refractivity contribution is -0.113. The number of carbonyl (C=O) groups is 1. The van der Waals surface area contributed by atoms with Crippen molar-refractivity contribution in [1.82, 2.24) is 9.97 Å². The maximum Gasteiger partial charge on any atom is 0.234 e. The molecule has 0 spiro atoms. The average Bonchev–Trinajstić information content (AvgIpc) is 2.50. The summed E-state index contributed by atoms with van der Waals surface area (Å²) in [5.74, 6) is 0.588. The van der Waals surface area contributed by atoms with E-state index >= 15 is 0 Å². The molecule has 2 aromatic rings. The van der Waals surface area contributed by atoms with Crippen molar-refractivity contribution < 1.29 is 9.53 Å². The van der Waals surface area contributed by atoms with Crippen molar-refractivity contribution in [1.29, 1.82) is 0 Å². The highest BCUT2D eigenvalue weighted by molar-refractivity contribution is 9.14. The highest BCUT2D eigenvalue weighted by Crippen LogP contribution is 2.43. The van der Waals surface area contributed by atoms with Crippen LogP contribution < -0.4 is 10.1 Å². The third-order valence-corrected chi connectivity index (χ3v) is 7.01. The van der Waals surface area contributed by atoms with E-state index in [1.54, 1.807) is 13.2 Å². The van der Waals surface area contributed by atoms with Crippen LogP contribution in [0.15, 0.2) is 30.7 Å². The van der Waals surface area contributed by atoms with Gasteiger partial charge in [-0.1, -0.05) is 11.8 Å². The van der Waals surface area contributed by atoms with Crippen LogP contribution in [0.25, 0.3) is 0 Å². The van der Waals surface area contributed by atoms with Crippen molar-refractivity contribution in [3.63, 3.8) is 0 Å². The van der Waals surface area contributed by atoms with Gasteiger partial charge in [0.1, 0.15) is 0 Å². The Morgan fingerprint density at radius 2 is 1.79 bits per heavy atom. The summed E-state index contributed by atoms with van der Waals surface area (Å²) in [5.41, 5.74) is 2.34. The summed E-state index contributed by atoms with van der Waals surface area (Å²) in [6.07, 6.45) is 0. The molecular formula is C15H14Br3N3O2S. The number of halogens is 3. The minimum Gasteiger partial charge on any atom is -0.493 e. The summed E-state index contributed by atoms with van der Waals surface area (Å²) >= 11 is 11.6. The Labute approximate surface area is 169 Å². The number of carbonyl (C=O) groups excluding carboxylic acids is 1. The van der Waals surface area contributed by atoms with Gasteiger partial charge in [-0.3, -0.25) is 4.79 Å². The van der Waals surface area contributed by atoms with Gasteiger partial charge < -0.3 is 10.1 Å². The molecule has 0 atom stereocenters. The molecule has 9 heteroatoms. The molecule has 1 N–H and O–H groups in total. The van der Waals surface area contributed by atoms with E-state index in [1.165, 1.54) is 11.8 Å². The van der Waals surface area contributed by atoms with Crippen molar-refractivity contribution >= 4 is 71.1 Å². The smallest absolute Gasteiger partial charge is 0.234 e. The van der Waals surface area contributed by atoms with Crippen LogP contribution in [0.4, 0.5) is 5.69 Å². The van der Waals surface area contributed by atoms with Crippen molar-refractivity contribution in [3.8, 4) is 5.75 Å². The topological polar surface area (TPSA) is 64.1 Å². The van der Waals surface area contributed by atoms with Gasteiger partial charge in [-0.25, -0.2) is 9.97 Å². The number of amides is 1. The fraction of sp³-hybridized carbons (Fsp3) is 0.267. The Kier molecular flexibility index (Phi) is 7.09. The van der Waals surface area contributed by atoms with E-state index in [1.807, 2.05) is 19.9 Å². The Bertz CT molecular complexity index is 767. The normalized spacial score (nSPS) is 10.6. The third-order valence-electron chi connectivity index (χ3n) is 2.89. The van der Waals surface area contributed by atoms with Crippen molar-refractivity contribution in [2.24, 2.45) is 0 Å². The Hall–Kier alpha value is -0.640. The van der Waals surface area contributed by atoms with E-state index in [0.29, 0.717) is 16.6 Å². The number of benzene rings is 1. The first kappa shape index (κ1) is 19.7. The monoisotopic (exact) mass is 537 g/mol. The number of methoxy groups -OCH3 is 1. The van der Waals surface area contributed by atoms with Crippen molar-refractivity contribution in [2.75, 3.05) is 18.2 Å². The maximum absolute atomic E-state index is 12.2. The molecule has 0 unspecified atom stereocenters. The fourth-order valence-corrected chi connectivity index (χ4v) is 4.27. The summed E-state index contributed by atoms with van der Waals surface area (Å²) in [4.78, 5) is 20.9. The van der Waals surface area contributed by atoms with Crippen LogP contribution in [0, 0.1) is 13.8 Å². The minimum atomic E-state index is -0.165. The third kappa shape index (κ3) is 4.93. The average molecular weight is 540 g/mol. The van der Waals surface area contributed by atoms with Crippen LogP contribution in [0.2, 0.25) is 0 Å². The van der Waals surface area contributed by atoms with Gasteiger partial charge in [-0.05, 0) is 73.8 Å². The number of anilines is 1. The van der Waals surface area contributed by atoms with E-state index in [4.69, 9.17) is 4.74 Å². The highest BCUT2D eigenvalue weighted by Gasteiger charge is 2.16. The van der Waals surface area contributed by atoms with Crippen molar-refractivity contribution in [2.45, 2.75) is 19.0 Å². The van der Waals surface area contributed by atoms with Gasteiger partial charge >= 0.3 is 0 Å². The number of hydrogen-bond acceptors (Lipinski definition) is 5. The summed E-state index contributed by atoms with van der Waals surface area (Å²) in [7, 11) is 1.55. The van der Waals surface area contributed by atoms with Crippen molar-refractivity contribution in [3.05, 3.63) is 36.9 Å². The molecule has 0 aliphatic heterocycles. The number of aromatic nitrogens is 2. The zero-order valence-corrected chi connectivity index (χ0v) is 18.7. The second-order valence-electron chi connectivity index (χ2n) is 4.84. The molecule has 1 heterocycles. The van der Waals surface area contributed by atoms with Crippen LogP contribution in [-0.4, -0.2) is 28.7 Å². The van der Waals surface area contributed by atoms with Gasteiger partial charge in [0.15, 0.2) is 10.9 Å². The van der Waals surface area contributed by atoms with Gasteiger partial charge in [0, 0.05) is 20.3 Å². The fourth-order valence-electron chi connectivity index (χ4n) is 1.95. The number of hydrogen-bond donors (Lipinski definition) is 1. The van der Waals surface area contributed by atoms with Gasteiger partial charge in [-0.2, -0.15) is 0 Å². The van der Waals surface area contributed by atoms with Gasteiger partial charge in [0.2, 0.25) is 5.91 Å². The Morgan fingerprint density at radius 3 is 2.38 bits per heavy atom. The Morgan fingerprint density at radius 1 is 1.17 bits per heavy atom. The number of thioether (sulfide) groups is 1. The van der Waals surface area contributed by atoms with E-state index < -0.39 is 0 Å². The van der Waals surface area contributed by atoms with Gasteiger partial charge in [0.05, 0.1) is 23.0 Å². The molecule has 0 bridgehead atoms.